The van der Waals surface area contributed by atoms with Crippen molar-refractivity contribution in [2.75, 3.05) is 5.43 Å². The summed E-state index contributed by atoms with van der Waals surface area (Å²) >= 11 is 0. The van der Waals surface area contributed by atoms with Gasteiger partial charge in [-0.25, -0.2) is 20.8 Å². The molecule has 0 amide bonds. The van der Waals surface area contributed by atoms with Gasteiger partial charge in [-0.15, -0.1) is 0 Å². The zero-order chi connectivity index (χ0) is 13.4. The quantitative estimate of drug-likeness (QED) is 0.646. The summed E-state index contributed by atoms with van der Waals surface area (Å²) in [7, 11) is 0. The number of hydrogen-bond acceptors (Lipinski definition) is 5. The van der Waals surface area contributed by atoms with Gasteiger partial charge in [0, 0.05) is 17.3 Å². The first-order valence-electron chi connectivity index (χ1n) is 6.61. The summed E-state index contributed by atoms with van der Waals surface area (Å²) in [5, 5.41) is 0. The molecule has 100 valence electrons. The highest BCUT2D eigenvalue weighted by molar-refractivity contribution is 5.56. The third-order valence-electron chi connectivity index (χ3n) is 3.54. The fourth-order valence-electron chi connectivity index (χ4n) is 2.37. The van der Waals surface area contributed by atoms with Crippen molar-refractivity contribution in [2.24, 2.45) is 5.84 Å². The van der Waals surface area contributed by atoms with Gasteiger partial charge in [-0.3, -0.25) is 0 Å². The van der Waals surface area contributed by atoms with Crippen LogP contribution in [-0.4, -0.2) is 19.5 Å². The lowest BCUT2D eigenvalue weighted by Gasteiger charge is -2.12. The SMILES string of the molecule is CCc1c(C)nc(-c2cncn2C2CC2)nc1NN. The third-order valence-corrected chi connectivity index (χ3v) is 3.54. The highest BCUT2D eigenvalue weighted by Gasteiger charge is 2.26. The second-order valence-electron chi connectivity index (χ2n) is 4.87. The molecule has 0 bridgehead atoms. The van der Waals surface area contributed by atoms with Crippen LogP contribution in [0, 0.1) is 6.92 Å². The number of anilines is 1. The summed E-state index contributed by atoms with van der Waals surface area (Å²) in [4.78, 5) is 13.3. The minimum absolute atomic E-state index is 0.557. The highest BCUT2D eigenvalue weighted by Crippen LogP contribution is 2.37. The number of aryl methyl sites for hydroxylation is 1. The largest absolute Gasteiger partial charge is 0.325 e. The van der Waals surface area contributed by atoms with Crippen molar-refractivity contribution >= 4 is 5.82 Å². The van der Waals surface area contributed by atoms with Gasteiger partial charge in [-0.2, -0.15) is 0 Å². The summed E-state index contributed by atoms with van der Waals surface area (Å²) in [6.45, 7) is 4.06. The van der Waals surface area contributed by atoms with Crippen LogP contribution in [0.3, 0.4) is 0 Å². The fraction of sp³-hybridized carbons (Fsp3) is 0.462. The molecule has 19 heavy (non-hydrogen) atoms. The number of nitrogens with one attached hydrogen (secondary N) is 1. The molecule has 0 unspecified atom stereocenters. The molecule has 0 saturated heterocycles. The first-order chi connectivity index (χ1) is 9.24. The van der Waals surface area contributed by atoms with E-state index in [2.05, 4.69) is 31.9 Å². The summed E-state index contributed by atoms with van der Waals surface area (Å²) < 4.78 is 2.15. The molecular formula is C13H18N6. The molecular weight excluding hydrogens is 240 g/mol. The Bertz CT molecular complexity index is 599. The van der Waals surface area contributed by atoms with Crippen molar-refractivity contribution in [1.82, 2.24) is 19.5 Å². The molecule has 1 aliphatic rings. The third kappa shape index (κ3) is 2.08. The molecule has 2 aromatic rings. The van der Waals surface area contributed by atoms with Gasteiger partial charge in [-0.05, 0) is 26.2 Å². The van der Waals surface area contributed by atoms with Gasteiger partial charge in [0.05, 0.1) is 12.5 Å². The highest BCUT2D eigenvalue weighted by atomic mass is 15.3. The molecule has 1 saturated carbocycles. The van der Waals surface area contributed by atoms with Gasteiger partial charge in [0.25, 0.3) is 0 Å². The Hall–Kier alpha value is -1.95. The summed E-state index contributed by atoms with van der Waals surface area (Å²) in [5.74, 6) is 6.95. The topological polar surface area (TPSA) is 81.7 Å². The molecule has 0 aliphatic heterocycles. The lowest BCUT2D eigenvalue weighted by Crippen LogP contribution is -2.14. The second kappa shape index (κ2) is 4.62. The molecule has 2 heterocycles. The summed E-state index contributed by atoms with van der Waals surface area (Å²) in [5.41, 5.74) is 5.66. The van der Waals surface area contributed by atoms with E-state index in [0.29, 0.717) is 17.7 Å². The number of rotatable bonds is 4. The van der Waals surface area contributed by atoms with E-state index < -0.39 is 0 Å². The molecule has 3 N–H and O–H groups in total. The molecule has 0 atom stereocenters. The minimum Gasteiger partial charge on any atom is -0.325 e. The first kappa shape index (κ1) is 12.1. The van der Waals surface area contributed by atoms with Crippen LogP contribution in [0.15, 0.2) is 12.5 Å². The van der Waals surface area contributed by atoms with E-state index in [4.69, 9.17) is 5.84 Å². The van der Waals surface area contributed by atoms with Crippen molar-refractivity contribution in [3.05, 3.63) is 23.8 Å². The Labute approximate surface area is 112 Å². The van der Waals surface area contributed by atoms with Crippen molar-refractivity contribution in [2.45, 2.75) is 39.2 Å². The zero-order valence-corrected chi connectivity index (χ0v) is 11.2. The van der Waals surface area contributed by atoms with Crippen LogP contribution in [0.5, 0.6) is 0 Å². The molecule has 0 spiro atoms. The lowest BCUT2D eigenvalue weighted by molar-refractivity contribution is 0.742. The first-order valence-corrected chi connectivity index (χ1v) is 6.61. The van der Waals surface area contributed by atoms with E-state index >= 15 is 0 Å². The van der Waals surface area contributed by atoms with E-state index in [0.717, 1.165) is 23.4 Å². The minimum atomic E-state index is 0.557. The van der Waals surface area contributed by atoms with Gasteiger partial charge in [-0.1, -0.05) is 6.92 Å². The molecule has 6 heteroatoms. The Morgan fingerprint density at radius 1 is 1.42 bits per heavy atom. The smallest absolute Gasteiger partial charge is 0.180 e. The Morgan fingerprint density at radius 2 is 2.21 bits per heavy atom. The second-order valence-corrected chi connectivity index (χ2v) is 4.87. The van der Waals surface area contributed by atoms with E-state index in [9.17, 15) is 0 Å². The normalized spacial score (nSPS) is 14.7. The van der Waals surface area contributed by atoms with Crippen LogP contribution in [-0.2, 0) is 6.42 Å². The van der Waals surface area contributed by atoms with Crippen LogP contribution >= 0.6 is 0 Å². The maximum Gasteiger partial charge on any atom is 0.180 e. The van der Waals surface area contributed by atoms with Gasteiger partial charge < -0.3 is 9.99 Å². The molecule has 1 aliphatic carbocycles. The van der Waals surface area contributed by atoms with Gasteiger partial charge >= 0.3 is 0 Å². The van der Waals surface area contributed by atoms with Gasteiger partial charge in [0.2, 0.25) is 0 Å². The van der Waals surface area contributed by atoms with Gasteiger partial charge in [0.15, 0.2) is 5.82 Å². The van der Waals surface area contributed by atoms with Crippen LogP contribution < -0.4 is 11.3 Å². The average Bonchev–Trinajstić information content (AvgIpc) is 3.15. The number of imidazole rings is 1. The van der Waals surface area contributed by atoms with Crippen molar-refractivity contribution in [1.29, 1.82) is 0 Å². The van der Waals surface area contributed by atoms with E-state index in [1.807, 2.05) is 19.4 Å². The maximum atomic E-state index is 5.56. The van der Waals surface area contributed by atoms with Crippen molar-refractivity contribution in [3.8, 4) is 11.5 Å². The molecule has 1 fully saturated rings. The molecule has 0 aromatic carbocycles. The maximum absolute atomic E-state index is 5.56. The van der Waals surface area contributed by atoms with Crippen LogP contribution in [0.1, 0.15) is 37.1 Å². The van der Waals surface area contributed by atoms with Crippen molar-refractivity contribution < 1.29 is 0 Å². The van der Waals surface area contributed by atoms with Crippen molar-refractivity contribution in [3.63, 3.8) is 0 Å². The Kier molecular flexibility index (Phi) is 2.94. The number of nitrogens with zero attached hydrogens (tertiary/aromatic N) is 4. The molecule has 3 rings (SSSR count). The van der Waals surface area contributed by atoms with Gasteiger partial charge in [0.1, 0.15) is 11.5 Å². The summed E-state index contributed by atoms with van der Waals surface area (Å²) in [6, 6.07) is 0.557. The molecule has 6 nitrogen and oxygen atoms in total. The van der Waals surface area contributed by atoms with Crippen LogP contribution in [0.4, 0.5) is 5.82 Å². The number of hydrogen-bond donors (Lipinski definition) is 2. The predicted octanol–water partition coefficient (Wildman–Crippen LogP) is 1.83. The van der Waals surface area contributed by atoms with Crippen LogP contribution in [0.2, 0.25) is 0 Å². The fourth-order valence-corrected chi connectivity index (χ4v) is 2.37. The Balaban J connectivity index is 2.09. The number of nitrogens with two attached hydrogens (primary N) is 1. The van der Waals surface area contributed by atoms with E-state index in [-0.39, 0.29) is 0 Å². The zero-order valence-electron chi connectivity index (χ0n) is 11.2. The van der Waals surface area contributed by atoms with E-state index in [1.54, 1.807) is 0 Å². The number of hydrazine groups is 1. The average molecular weight is 258 g/mol. The predicted molar refractivity (Wildman–Crippen MR) is 73.4 cm³/mol. The Morgan fingerprint density at radius 3 is 2.84 bits per heavy atom. The molecule has 0 radical (unpaired) electrons. The monoisotopic (exact) mass is 258 g/mol. The standard InChI is InChI=1S/C13H18N6/c1-3-10-8(2)16-13(17-12(10)18-14)11-6-15-7-19(11)9-4-5-9/h6-7,9H,3-5,14H2,1-2H3,(H,16,17,18). The summed E-state index contributed by atoms with van der Waals surface area (Å²) in [6.07, 6.45) is 6.94. The number of aromatic nitrogens is 4. The number of nitrogen functional groups attached to an aromatic ring is 1. The lowest BCUT2D eigenvalue weighted by atomic mass is 10.1. The van der Waals surface area contributed by atoms with Crippen LogP contribution in [0.25, 0.3) is 11.5 Å². The van der Waals surface area contributed by atoms with E-state index in [1.165, 1.54) is 12.8 Å². The molecule has 2 aromatic heterocycles.